The molecule has 0 spiro atoms. The quantitative estimate of drug-likeness (QED) is 0.912. The molecule has 114 valence electrons. The number of fused-ring (bicyclic) bond motifs is 1. The third-order valence-electron chi connectivity index (χ3n) is 4.99. The van der Waals surface area contributed by atoms with Gasteiger partial charge in [0.05, 0.1) is 6.61 Å². The summed E-state index contributed by atoms with van der Waals surface area (Å²) in [5.74, 6) is 2.23. The first kappa shape index (κ1) is 13.8. The van der Waals surface area contributed by atoms with E-state index < -0.39 is 0 Å². The Morgan fingerprint density at radius 3 is 2.55 bits per heavy atom. The Hall–Kier alpha value is -1.80. The first-order chi connectivity index (χ1) is 10.8. The van der Waals surface area contributed by atoms with Gasteiger partial charge in [-0.15, -0.1) is 0 Å². The normalized spacial score (nSPS) is 23.3. The van der Waals surface area contributed by atoms with E-state index in [0.29, 0.717) is 5.92 Å². The lowest BCUT2D eigenvalue weighted by Crippen LogP contribution is -2.26. The summed E-state index contributed by atoms with van der Waals surface area (Å²) in [5.41, 5.74) is 10.6. The van der Waals surface area contributed by atoms with Gasteiger partial charge in [-0.25, -0.2) is 0 Å². The first-order valence-electron chi connectivity index (χ1n) is 8.35. The van der Waals surface area contributed by atoms with Gasteiger partial charge in [-0.05, 0) is 60.4 Å². The molecule has 0 heterocycles. The van der Waals surface area contributed by atoms with Crippen molar-refractivity contribution in [3.63, 3.8) is 0 Å². The van der Waals surface area contributed by atoms with E-state index in [1.807, 2.05) is 0 Å². The number of rotatable bonds is 5. The van der Waals surface area contributed by atoms with Crippen LogP contribution in [0.5, 0.6) is 5.75 Å². The number of benzene rings is 2. The van der Waals surface area contributed by atoms with Gasteiger partial charge in [-0.2, -0.15) is 0 Å². The lowest BCUT2D eigenvalue weighted by Gasteiger charge is -2.17. The number of hydrogen-bond acceptors (Lipinski definition) is 2. The van der Waals surface area contributed by atoms with E-state index in [1.165, 1.54) is 29.5 Å². The van der Waals surface area contributed by atoms with Crippen molar-refractivity contribution in [2.45, 2.75) is 37.6 Å². The van der Waals surface area contributed by atoms with Crippen LogP contribution < -0.4 is 10.5 Å². The second-order valence-electron chi connectivity index (χ2n) is 6.78. The average molecular weight is 293 g/mol. The molecule has 2 nitrogen and oxygen atoms in total. The monoisotopic (exact) mass is 293 g/mol. The van der Waals surface area contributed by atoms with E-state index in [9.17, 15) is 0 Å². The minimum atomic E-state index is 0.239. The molecule has 1 saturated carbocycles. The molecule has 2 unspecified atom stereocenters. The molecule has 22 heavy (non-hydrogen) atoms. The summed E-state index contributed by atoms with van der Waals surface area (Å²) < 4.78 is 5.81. The van der Waals surface area contributed by atoms with Gasteiger partial charge in [-0.1, -0.05) is 36.4 Å². The second-order valence-corrected chi connectivity index (χ2v) is 6.78. The molecule has 0 bridgehead atoms. The summed E-state index contributed by atoms with van der Waals surface area (Å²) in [5, 5.41) is 0. The molecule has 1 fully saturated rings. The first-order valence-corrected chi connectivity index (χ1v) is 8.35. The molecule has 2 heteroatoms. The smallest absolute Gasteiger partial charge is 0.119 e. The Bertz CT molecular complexity index is 645. The van der Waals surface area contributed by atoms with Crippen molar-refractivity contribution in [1.29, 1.82) is 0 Å². The van der Waals surface area contributed by atoms with Gasteiger partial charge in [0.1, 0.15) is 5.75 Å². The number of ether oxygens (including phenoxy) is 1. The fourth-order valence-corrected chi connectivity index (χ4v) is 3.44. The van der Waals surface area contributed by atoms with Gasteiger partial charge in [-0.3, -0.25) is 0 Å². The highest BCUT2D eigenvalue weighted by molar-refractivity contribution is 5.39. The van der Waals surface area contributed by atoms with Crippen LogP contribution in [0.4, 0.5) is 0 Å². The Kier molecular flexibility index (Phi) is 3.63. The van der Waals surface area contributed by atoms with Crippen molar-refractivity contribution in [3.8, 4) is 5.75 Å². The third-order valence-corrected chi connectivity index (χ3v) is 4.99. The topological polar surface area (TPSA) is 35.2 Å². The average Bonchev–Trinajstić information content (AvgIpc) is 3.32. The Labute approximate surface area is 132 Å². The van der Waals surface area contributed by atoms with Crippen LogP contribution in [-0.2, 0) is 12.8 Å². The van der Waals surface area contributed by atoms with E-state index in [2.05, 4.69) is 48.5 Å². The maximum atomic E-state index is 6.37. The van der Waals surface area contributed by atoms with Crippen molar-refractivity contribution in [2.75, 3.05) is 6.61 Å². The fourth-order valence-electron chi connectivity index (χ4n) is 3.44. The van der Waals surface area contributed by atoms with Gasteiger partial charge < -0.3 is 10.5 Å². The van der Waals surface area contributed by atoms with Gasteiger partial charge in [0, 0.05) is 12.0 Å². The maximum absolute atomic E-state index is 6.37. The molecule has 2 aliphatic rings. The van der Waals surface area contributed by atoms with Crippen LogP contribution in [0, 0.1) is 5.92 Å². The van der Waals surface area contributed by atoms with E-state index in [-0.39, 0.29) is 6.04 Å². The van der Waals surface area contributed by atoms with Gasteiger partial charge >= 0.3 is 0 Å². The molecule has 0 amide bonds. The van der Waals surface area contributed by atoms with Crippen molar-refractivity contribution < 1.29 is 4.74 Å². The van der Waals surface area contributed by atoms with Crippen LogP contribution in [0.3, 0.4) is 0 Å². The molecular weight excluding hydrogens is 270 g/mol. The van der Waals surface area contributed by atoms with Gasteiger partial charge in [0.25, 0.3) is 0 Å². The zero-order chi connectivity index (χ0) is 14.9. The SMILES string of the molecule is NC1Cc2ccccc2C1Cc1ccc(OCC2CC2)cc1. The fraction of sp³-hybridized carbons (Fsp3) is 0.400. The molecular formula is C20H23NO. The molecule has 4 rings (SSSR count). The molecule has 2 atom stereocenters. The highest BCUT2D eigenvalue weighted by atomic mass is 16.5. The van der Waals surface area contributed by atoms with Crippen LogP contribution in [0.15, 0.2) is 48.5 Å². The van der Waals surface area contributed by atoms with Crippen LogP contribution in [0.1, 0.15) is 35.4 Å². The summed E-state index contributed by atoms with van der Waals surface area (Å²) >= 11 is 0. The molecule has 0 aliphatic heterocycles. The minimum Gasteiger partial charge on any atom is -0.493 e. The summed E-state index contributed by atoms with van der Waals surface area (Å²) in [4.78, 5) is 0. The summed E-state index contributed by atoms with van der Waals surface area (Å²) in [7, 11) is 0. The van der Waals surface area contributed by atoms with E-state index >= 15 is 0 Å². The molecule has 0 radical (unpaired) electrons. The number of hydrogen-bond donors (Lipinski definition) is 1. The summed E-state index contributed by atoms with van der Waals surface area (Å²) in [6, 6.07) is 17.5. The molecule has 2 aromatic rings. The maximum Gasteiger partial charge on any atom is 0.119 e. The Balaban J connectivity index is 1.44. The van der Waals surface area contributed by atoms with Crippen LogP contribution in [0.25, 0.3) is 0 Å². The van der Waals surface area contributed by atoms with Crippen molar-refractivity contribution in [1.82, 2.24) is 0 Å². The van der Waals surface area contributed by atoms with Crippen molar-refractivity contribution >= 4 is 0 Å². The van der Waals surface area contributed by atoms with E-state index in [1.54, 1.807) is 0 Å². The summed E-state index contributed by atoms with van der Waals surface area (Å²) in [6.07, 6.45) is 4.68. The van der Waals surface area contributed by atoms with Crippen molar-refractivity contribution in [2.24, 2.45) is 11.7 Å². The lowest BCUT2D eigenvalue weighted by atomic mass is 9.91. The Morgan fingerprint density at radius 2 is 1.77 bits per heavy atom. The predicted octanol–water partition coefficient (Wildman–Crippen LogP) is 3.69. The lowest BCUT2D eigenvalue weighted by molar-refractivity contribution is 0.299. The van der Waals surface area contributed by atoms with Gasteiger partial charge in [0.15, 0.2) is 0 Å². The van der Waals surface area contributed by atoms with Gasteiger partial charge in [0.2, 0.25) is 0 Å². The van der Waals surface area contributed by atoms with E-state index in [0.717, 1.165) is 31.1 Å². The molecule has 2 aliphatic carbocycles. The van der Waals surface area contributed by atoms with E-state index in [4.69, 9.17) is 10.5 Å². The zero-order valence-corrected chi connectivity index (χ0v) is 12.9. The van der Waals surface area contributed by atoms with Crippen LogP contribution in [0.2, 0.25) is 0 Å². The molecule has 0 aromatic heterocycles. The van der Waals surface area contributed by atoms with Crippen LogP contribution >= 0.6 is 0 Å². The standard InChI is InChI=1S/C20H23NO/c21-20-12-16-3-1-2-4-18(16)19(20)11-14-7-9-17(10-8-14)22-13-15-5-6-15/h1-4,7-10,15,19-20H,5-6,11-13,21H2. The second kappa shape index (κ2) is 5.77. The summed E-state index contributed by atoms with van der Waals surface area (Å²) in [6.45, 7) is 0.875. The van der Waals surface area contributed by atoms with Crippen molar-refractivity contribution in [3.05, 3.63) is 65.2 Å². The predicted molar refractivity (Wildman–Crippen MR) is 89.2 cm³/mol. The number of nitrogens with two attached hydrogens (primary N) is 1. The highest BCUT2D eigenvalue weighted by Crippen LogP contribution is 2.35. The minimum absolute atomic E-state index is 0.239. The highest BCUT2D eigenvalue weighted by Gasteiger charge is 2.29. The zero-order valence-electron chi connectivity index (χ0n) is 12.9. The molecule has 0 saturated heterocycles. The van der Waals surface area contributed by atoms with Crippen LogP contribution in [-0.4, -0.2) is 12.6 Å². The third kappa shape index (κ3) is 2.89. The molecule has 2 aromatic carbocycles. The Morgan fingerprint density at radius 1 is 1.00 bits per heavy atom. The largest absolute Gasteiger partial charge is 0.493 e. The molecule has 2 N–H and O–H groups in total.